The predicted molar refractivity (Wildman–Crippen MR) is 134 cm³/mol. The van der Waals surface area contributed by atoms with Gasteiger partial charge in [0.15, 0.2) is 11.5 Å². The summed E-state index contributed by atoms with van der Waals surface area (Å²) in [5.74, 6) is 1.90. The molecule has 36 heavy (non-hydrogen) atoms. The Labute approximate surface area is 213 Å². The summed E-state index contributed by atoms with van der Waals surface area (Å²) in [5.41, 5.74) is 1.44. The van der Waals surface area contributed by atoms with Crippen LogP contribution >= 0.6 is 0 Å². The lowest BCUT2D eigenvalue weighted by Gasteiger charge is -2.49. The molecule has 4 aliphatic heterocycles. The molecule has 6 unspecified atom stereocenters. The number of cyclic esters (lactones) is 1. The van der Waals surface area contributed by atoms with Crippen LogP contribution < -0.4 is 0 Å². The van der Waals surface area contributed by atoms with E-state index in [0.29, 0.717) is 11.7 Å². The molecular weight excluding hydrogens is 458 g/mol. The minimum atomic E-state index is -0.595. The molecule has 194 valence electrons. The normalized spacial score (nSPS) is 33.3. The number of methoxy groups -OCH3 is 1. The zero-order valence-corrected chi connectivity index (χ0v) is 21.4. The van der Waals surface area contributed by atoms with Gasteiger partial charge in [-0.15, -0.1) is 0 Å². The van der Waals surface area contributed by atoms with E-state index < -0.39 is 12.6 Å². The topological polar surface area (TPSA) is 88.5 Å². The number of hydrogen-bond acceptors (Lipinski definition) is 7. The quantitative estimate of drug-likeness (QED) is 0.582. The molecule has 7 nitrogen and oxygen atoms in total. The first-order valence-electron chi connectivity index (χ1n) is 13.2. The van der Waals surface area contributed by atoms with Gasteiger partial charge in [0.1, 0.15) is 11.3 Å². The van der Waals surface area contributed by atoms with Crippen molar-refractivity contribution < 1.29 is 29.2 Å². The number of hydrogen-bond donors (Lipinski definition) is 2. The summed E-state index contributed by atoms with van der Waals surface area (Å²) in [7, 11) is 1.47. The average Bonchev–Trinajstić information content (AvgIpc) is 3.31. The third-order valence-electron chi connectivity index (χ3n) is 8.39. The highest BCUT2D eigenvalue weighted by Gasteiger charge is 2.51. The van der Waals surface area contributed by atoms with Crippen molar-refractivity contribution in [3.05, 3.63) is 70.6 Å². The number of aliphatic hydroxyl groups is 2. The van der Waals surface area contributed by atoms with Crippen molar-refractivity contribution in [2.75, 3.05) is 20.3 Å². The highest BCUT2D eigenvalue weighted by atomic mass is 16.6. The zero-order chi connectivity index (χ0) is 25.4. The van der Waals surface area contributed by atoms with Crippen molar-refractivity contribution in [2.24, 2.45) is 17.8 Å². The Morgan fingerprint density at radius 3 is 2.67 bits per heavy atom. The van der Waals surface area contributed by atoms with Crippen LogP contribution in [0, 0.1) is 17.8 Å². The van der Waals surface area contributed by atoms with E-state index in [2.05, 4.69) is 49.1 Å². The molecule has 7 heteroatoms. The van der Waals surface area contributed by atoms with E-state index >= 15 is 0 Å². The number of fused-ring (bicyclic) bond motifs is 3. The summed E-state index contributed by atoms with van der Waals surface area (Å²) in [4.78, 5) is 14.9. The van der Waals surface area contributed by atoms with Gasteiger partial charge < -0.3 is 24.4 Å². The lowest BCUT2D eigenvalue weighted by molar-refractivity contribution is -0.133. The maximum atomic E-state index is 12.4. The van der Waals surface area contributed by atoms with Crippen molar-refractivity contribution in [3.8, 4) is 0 Å². The third-order valence-corrected chi connectivity index (χ3v) is 8.39. The van der Waals surface area contributed by atoms with Crippen LogP contribution in [0.1, 0.15) is 45.1 Å². The molecule has 0 amide bonds. The molecule has 0 aliphatic carbocycles. The maximum absolute atomic E-state index is 12.4. The van der Waals surface area contributed by atoms with Crippen LogP contribution in [0.2, 0.25) is 0 Å². The maximum Gasteiger partial charge on any atom is 0.345 e. The average molecular weight is 496 g/mol. The molecule has 6 atom stereocenters. The van der Waals surface area contributed by atoms with E-state index in [1.165, 1.54) is 12.7 Å². The minimum Gasteiger partial charge on any atom is -0.492 e. The summed E-state index contributed by atoms with van der Waals surface area (Å²) in [6.45, 7) is 4.60. The molecule has 0 radical (unpaired) electrons. The van der Waals surface area contributed by atoms with Crippen LogP contribution in [0.5, 0.6) is 0 Å². The lowest BCUT2D eigenvalue weighted by Crippen LogP contribution is -2.56. The number of carbonyl (C=O) groups excluding carboxylic acids is 1. The van der Waals surface area contributed by atoms with Gasteiger partial charge in [0.25, 0.3) is 0 Å². The van der Waals surface area contributed by atoms with Crippen molar-refractivity contribution in [2.45, 2.75) is 64.1 Å². The molecule has 2 saturated heterocycles. The van der Waals surface area contributed by atoms with Crippen molar-refractivity contribution in [3.63, 3.8) is 0 Å². The SMILES string of the molecule is CCC(O)C1CC(Cc2ccccc2)CC2C3C(=CCCN12)OC(=C1OC(=O)C(CO)=C1OC)C3C. The van der Waals surface area contributed by atoms with E-state index in [4.69, 9.17) is 14.2 Å². The van der Waals surface area contributed by atoms with Crippen LogP contribution in [0.4, 0.5) is 0 Å². The number of allylic oxidation sites excluding steroid dienone is 1. The first-order valence-corrected chi connectivity index (χ1v) is 13.2. The third kappa shape index (κ3) is 4.38. The van der Waals surface area contributed by atoms with Gasteiger partial charge in [-0.3, -0.25) is 4.90 Å². The van der Waals surface area contributed by atoms with Crippen LogP contribution in [-0.4, -0.2) is 59.5 Å². The molecule has 2 N–H and O–H groups in total. The van der Waals surface area contributed by atoms with E-state index in [1.807, 2.05) is 6.07 Å². The lowest BCUT2D eigenvalue weighted by atomic mass is 9.74. The minimum absolute atomic E-state index is 0.0530. The van der Waals surface area contributed by atoms with Crippen LogP contribution in [0.15, 0.2) is 65.0 Å². The van der Waals surface area contributed by atoms with E-state index in [0.717, 1.165) is 44.4 Å². The van der Waals surface area contributed by atoms with Crippen molar-refractivity contribution in [1.29, 1.82) is 0 Å². The molecule has 0 spiro atoms. The van der Waals surface area contributed by atoms with Crippen molar-refractivity contribution in [1.82, 2.24) is 4.90 Å². The first-order chi connectivity index (χ1) is 17.5. The number of piperidine rings is 1. The number of rotatable bonds is 6. The Bertz CT molecular complexity index is 1080. The van der Waals surface area contributed by atoms with Crippen molar-refractivity contribution >= 4 is 5.97 Å². The van der Waals surface area contributed by atoms with Gasteiger partial charge in [-0.1, -0.05) is 44.2 Å². The van der Waals surface area contributed by atoms with E-state index in [1.54, 1.807) is 0 Å². The Hall–Kier alpha value is -2.61. The fourth-order valence-corrected chi connectivity index (χ4v) is 6.70. The number of esters is 1. The van der Waals surface area contributed by atoms with Gasteiger partial charge >= 0.3 is 5.97 Å². The molecule has 0 aromatic heterocycles. The monoisotopic (exact) mass is 495 g/mol. The van der Waals surface area contributed by atoms with Gasteiger partial charge in [-0.05, 0) is 49.7 Å². The number of nitrogens with zero attached hydrogens (tertiary/aromatic N) is 1. The molecule has 1 aromatic carbocycles. The molecule has 0 bridgehead atoms. The number of benzene rings is 1. The summed E-state index contributed by atoms with van der Waals surface area (Å²) in [5, 5.41) is 20.8. The molecule has 4 heterocycles. The fraction of sp³-hybridized carbons (Fsp3) is 0.552. The fourth-order valence-electron chi connectivity index (χ4n) is 6.70. The molecule has 0 saturated carbocycles. The molecule has 2 fully saturated rings. The Balaban J connectivity index is 1.50. The van der Waals surface area contributed by atoms with Gasteiger partial charge in [0.05, 0.1) is 19.8 Å². The van der Waals surface area contributed by atoms with Crippen LogP contribution in [0.3, 0.4) is 0 Å². The molecule has 1 aromatic rings. The largest absolute Gasteiger partial charge is 0.492 e. The number of carbonyl (C=O) groups is 1. The van der Waals surface area contributed by atoms with Gasteiger partial charge in [0.2, 0.25) is 5.76 Å². The van der Waals surface area contributed by atoms with Gasteiger partial charge in [-0.25, -0.2) is 4.79 Å². The molecule has 5 rings (SSSR count). The van der Waals surface area contributed by atoms with Gasteiger partial charge in [0, 0.05) is 30.5 Å². The molecular formula is C29H37NO6. The highest BCUT2D eigenvalue weighted by Crippen LogP contribution is 2.50. The Kier molecular flexibility index (Phi) is 7.24. The van der Waals surface area contributed by atoms with E-state index in [-0.39, 0.29) is 47.1 Å². The number of ether oxygens (including phenoxy) is 3. The Morgan fingerprint density at radius 1 is 1.19 bits per heavy atom. The number of aliphatic hydroxyl groups excluding tert-OH is 2. The molecule has 4 aliphatic rings. The standard InChI is InChI=1S/C29H37NO6/c1-4-23(32)21-14-19(13-18-9-6-5-7-10-18)15-22-25-17(2)26(35-24(25)11-8-12-30(21)22)28-27(34-3)20(16-31)29(33)36-28/h5-7,9-11,17,19,21-23,25,31-32H,4,8,12-16H2,1-3H3. The zero-order valence-electron chi connectivity index (χ0n) is 21.4. The summed E-state index contributed by atoms with van der Waals surface area (Å²) in [6.07, 6.45) is 6.31. The highest BCUT2D eigenvalue weighted by molar-refractivity contribution is 5.94. The summed E-state index contributed by atoms with van der Waals surface area (Å²) >= 11 is 0. The second-order valence-corrected chi connectivity index (χ2v) is 10.4. The van der Waals surface area contributed by atoms with Gasteiger partial charge in [-0.2, -0.15) is 0 Å². The Morgan fingerprint density at radius 2 is 1.97 bits per heavy atom. The second kappa shape index (κ2) is 10.4. The smallest absolute Gasteiger partial charge is 0.345 e. The predicted octanol–water partition coefficient (Wildman–Crippen LogP) is 3.68. The second-order valence-electron chi connectivity index (χ2n) is 10.4. The summed E-state index contributed by atoms with van der Waals surface area (Å²) in [6, 6.07) is 10.9. The first kappa shape index (κ1) is 25.1. The van der Waals surface area contributed by atoms with Crippen LogP contribution in [-0.2, 0) is 25.4 Å². The van der Waals surface area contributed by atoms with E-state index in [9.17, 15) is 15.0 Å². The van der Waals surface area contributed by atoms with Crippen LogP contribution in [0.25, 0.3) is 0 Å². The summed E-state index contributed by atoms with van der Waals surface area (Å²) < 4.78 is 17.4.